The van der Waals surface area contributed by atoms with Crippen LogP contribution in [-0.2, 0) is 19.2 Å². The minimum absolute atomic E-state index is 0.0930. The summed E-state index contributed by atoms with van der Waals surface area (Å²) in [6, 6.07) is 0. The lowest BCUT2D eigenvalue weighted by molar-refractivity contribution is -0.133. The number of aliphatic carboxylic acids is 2. The highest BCUT2D eigenvalue weighted by Crippen LogP contribution is 1.81. The van der Waals surface area contributed by atoms with Gasteiger partial charge in [-0.15, -0.1) is 0 Å². The Labute approximate surface area is 158 Å². The lowest BCUT2D eigenvalue weighted by atomic mass is 10.4. The fourth-order valence-corrected chi connectivity index (χ4v) is 0.363. The number of hydrogen-bond donors (Lipinski definition) is 6. The summed E-state index contributed by atoms with van der Waals surface area (Å²) in [4.78, 5) is 40.1. The van der Waals surface area contributed by atoms with Crippen molar-refractivity contribution in [2.24, 2.45) is 0 Å². The van der Waals surface area contributed by atoms with Gasteiger partial charge in [-0.25, -0.2) is 9.59 Å². The lowest BCUT2D eigenvalue weighted by Gasteiger charge is -2.01. The van der Waals surface area contributed by atoms with E-state index < -0.39 is 11.9 Å². The summed E-state index contributed by atoms with van der Waals surface area (Å²) in [6.45, 7) is 15.5. The van der Waals surface area contributed by atoms with Crippen molar-refractivity contribution in [1.82, 2.24) is 10.6 Å². The van der Waals surface area contributed by atoms with Gasteiger partial charge >= 0.3 is 11.9 Å². The van der Waals surface area contributed by atoms with Crippen LogP contribution >= 0.6 is 0 Å². The van der Waals surface area contributed by atoms with Gasteiger partial charge in [0.1, 0.15) is 0 Å². The number of amides is 2. The van der Waals surface area contributed by atoms with Gasteiger partial charge in [0.05, 0.1) is 19.9 Å². The molecule has 0 aromatic carbocycles. The Morgan fingerprint density at radius 1 is 0.778 bits per heavy atom. The molecule has 0 aliphatic carbocycles. The first kappa shape index (κ1) is 31.5. The summed E-state index contributed by atoms with van der Waals surface area (Å²) in [7, 11) is 0. The van der Waals surface area contributed by atoms with Crippen molar-refractivity contribution in [3.05, 3.63) is 49.6 Å². The molecule has 0 rings (SSSR count). The molecule has 154 valence electrons. The Balaban J connectivity index is -0.000000142. The molecule has 0 unspecified atom stereocenters. The second kappa shape index (κ2) is 22.8. The Morgan fingerprint density at radius 3 is 1.11 bits per heavy atom. The third kappa shape index (κ3) is 39.5. The van der Waals surface area contributed by atoms with Gasteiger partial charge in [0.2, 0.25) is 11.8 Å². The van der Waals surface area contributed by atoms with Gasteiger partial charge in [-0.2, -0.15) is 0 Å². The van der Waals surface area contributed by atoms with Crippen LogP contribution in [0.15, 0.2) is 49.6 Å². The van der Waals surface area contributed by atoms with Gasteiger partial charge in [0, 0.05) is 11.1 Å². The zero-order chi connectivity index (χ0) is 22.4. The molecule has 0 spiro atoms. The van der Waals surface area contributed by atoms with E-state index in [0.717, 1.165) is 12.2 Å². The van der Waals surface area contributed by atoms with E-state index in [4.69, 9.17) is 20.4 Å². The molecule has 10 heteroatoms. The van der Waals surface area contributed by atoms with Gasteiger partial charge in [-0.05, 0) is 26.0 Å². The van der Waals surface area contributed by atoms with Crippen molar-refractivity contribution in [3.8, 4) is 0 Å². The summed E-state index contributed by atoms with van der Waals surface area (Å²) < 4.78 is 0. The third-order valence-electron chi connectivity index (χ3n) is 1.73. The molecule has 2 amide bonds. The molecule has 0 aliphatic heterocycles. The number of aliphatic hydroxyl groups is 2. The van der Waals surface area contributed by atoms with Crippen molar-refractivity contribution < 1.29 is 39.6 Å². The second-order valence-electron chi connectivity index (χ2n) is 4.29. The maximum Gasteiger partial charge on any atom is 0.330 e. The number of carboxylic acid groups (broad SMARTS) is 2. The van der Waals surface area contributed by atoms with Gasteiger partial charge in [0.25, 0.3) is 0 Å². The Bertz CT molecular complexity index is 457. The molecule has 6 N–H and O–H groups in total. The number of carbonyl (C=O) groups is 4. The number of nitrogens with one attached hydrogen (secondary N) is 2. The second-order valence-corrected chi connectivity index (χ2v) is 4.29. The van der Waals surface area contributed by atoms with Crippen LogP contribution in [0.2, 0.25) is 0 Å². The predicted molar refractivity (Wildman–Crippen MR) is 101 cm³/mol. The van der Waals surface area contributed by atoms with Crippen molar-refractivity contribution in [1.29, 1.82) is 0 Å². The van der Waals surface area contributed by atoms with Gasteiger partial charge in [-0.3, -0.25) is 9.59 Å². The van der Waals surface area contributed by atoms with Crippen molar-refractivity contribution >= 4 is 23.8 Å². The molecule has 0 saturated carbocycles. The molecule has 0 bridgehead atoms. The molecule has 0 aromatic rings. The topological polar surface area (TPSA) is 173 Å². The summed E-state index contributed by atoms with van der Waals surface area (Å²) in [5.41, 5.74) is 0.352. The standard InChI is InChI=1S/C7H10N2O2.2C4H6O2.C2H6O2/c1-3-6(10)8-5-9-7(11)4-2;2*1-3(2)4(5)6;3-1-2-4/h3-4H,1-2,5H2,(H,8,10)(H,9,11);2*1H2,2H3,(H,5,6);3-4H,1-2H2. The number of rotatable bonds is 7. The van der Waals surface area contributed by atoms with E-state index >= 15 is 0 Å². The monoisotopic (exact) mass is 388 g/mol. The van der Waals surface area contributed by atoms with Crippen molar-refractivity contribution in [3.63, 3.8) is 0 Å². The fourth-order valence-electron chi connectivity index (χ4n) is 0.363. The van der Waals surface area contributed by atoms with E-state index in [2.05, 4.69) is 36.9 Å². The molecule has 0 atom stereocenters. The lowest BCUT2D eigenvalue weighted by Crippen LogP contribution is -2.35. The first-order valence-corrected chi connectivity index (χ1v) is 7.20. The van der Waals surface area contributed by atoms with E-state index in [-0.39, 0.29) is 42.8 Å². The predicted octanol–water partition coefficient (Wildman–Crippen LogP) is -0.186. The molecular formula is C17H28N2O8. The highest BCUT2D eigenvalue weighted by atomic mass is 16.4. The number of carboxylic acids is 2. The van der Waals surface area contributed by atoms with Crippen LogP contribution in [0.1, 0.15) is 13.8 Å². The Morgan fingerprint density at radius 2 is 1.00 bits per heavy atom. The maximum absolute atomic E-state index is 10.5. The average molecular weight is 388 g/mol. The summed E-state index contributed by atoms with van der Waals surface area (Å²) in [5.74, 6) is -2.52. The number of hydrogen-bond acceptors (Lipinski definition) is 6. The van der Waals surface area contributed by atoms with E-state index in [0.29, 0.717) is 0 Å². The Kier molecular flexibility index (Phi) is 26.6. The van der Waals surface area contributed by atoms with E-state index in [1.807, 2.05) is 0 Å². The van der Waals surface area contributed by atoms with E-state index in [9.17, 15) is 19.2 Å². The van der Waals surface area contributed by atoms with Gasteiger partial charge in [-0.1, -0.05) is 26.3 Å². The third-order valence-corrected chi connectivity index (χ3v) is 1.73. The first-order chi connectivity index (χ1) is 12.4. The van der Waals surface area contributed by atoms with E-state index in [1.165, 1.54) is 13.8 Å². The number of aliphatic hydroxyl groups excluding tert-OH is 2. The normalized spacial score (nSPS) is 7.70. The SMILES string of the molecule is C=C(C)C(=O)O.C=C(C)C(=O)O.C=CC(=O)NCNC(=O)C=C.OCCO. The fraction of sp³-hybridized carbons (Fsp3) is 0.294. The molecule has 0 saturated heterocycles. The van der Waals surface area contributed by atoms with Crippen LogP contribution in [0.25, 0.3) is 0 Å². The highest BCUT2D eigenvalue weighted by molar-refractivity contribution is 5.89. The zero-order valence-corrected chi connectivity index (χ0v) is 15.5. The average Bonchev–Trinajstić information content (AvgIpc) is 2.62. The first-order valence-electron chi connectivity index (χ1n) is 7.20. The van der Waals surface area contributed by atoms with Crippen LogP contribution in [0, 0.1) is 0 Å². The summed E-state index contributed by atoms with van der Waals surface area (Å²) in [6.07, 6.45) is 2.25. The van der Waals surface area contributed by atoms with Crippen LogP contribution in [0.4, 0.5) is 0 Å². The molecule has 0 radical (unpaired) electrons. The zero-order valence-electron chi connectivity index (χ0n) is 15.5. The number of carbonyl (C=O) groups excluding carboxylic acids is 2. The van der Waals surface area contributed by atoms with E-state index in [1.54, 1.807) is 0 Å². The Hall–Kier alpha value is -3.24. The van der Waals surface area contributed by atoms with Crippen molar-refractivity contribution in [2.75, 3.05) is 19.9 Å². The largest absolute Gasteiger partial charge is 0.478 e. The highest BCUT2D eigenvalue weighted by Gasteiger charge is 1.93. The molecule has 0 heterocycles. The smallest absolute Gasteiger partial charge is 0.330 e. The molecule has 27 heavy (non-hydrogen) atoms. The van der Waals surface area contributed by atoms with Crippen LogP contribution in [-0.4, -0.2) is 64.1 Å². The van der Waals surface area contributed by atoms with Gasteiger partial charge in [0.15, 0.2) is 0 Å². The molecule has 0 fully saturated rings. The van der Waals surface area contributed by atoms with Crippen LogP contribution in [0.3, 0.4) is 0 Å². The maximum atomic E-state index is 10.5. The summed E-state index contributed by atoms with van der Waals surface area (Å²) >= 11 is 0. The van der Waals surface area contributed by atoms with Crippen LogP contribution in [0.5, 0.6) is 0 Å². The molecule has 10 nitrogen and oxygen atoms in total. The van der Waals surface area contributed by atoms with Crippen LogP contribution < -0.4 is 10.6 Å². The molecule has 0 aliphatic rings. The van der Waals surface area contributed by atoms with Crippen molar-refractivity contribution in [2.45, 2.75) is 13.8 Å². The molecular weight excluding hydrogens is 360 g/mol. The van der Waals surface area contributed by atoms with Gasteiger partial charge < -0.3 is 31.1 Å². The molecule has 0 aromatic heterocycles. The minimum Gasteiger partial charge on any atom is -0.478 e. The quantitative estimate of drug-likeness (QED) is 0.257. The minimum atomic E-state index is -0.935. The summed E-state index contributed by atoms with van der Waals surface area (Å²) in [5, 5.41) is 35.8.